The molecule has 20 heavy (non-hydrogen) atoms. The SMILES string of the molecule is CCCC(C)(C)OOCC(C)(C)OC(=O)/C=C/C(=O)O. The van der Waals surface area contributed by atoms with Crippen LogP contribution in [0.3, 0.4) is 0 Å². The van der Waals surface area contributed by atoms with E-state index in [9.17, 15) is 9.59 Å². The summed E-state index contributed by atoms with van der Waals surface area (Å²) in [7, 11) is 0. The van der Waals surface area contributed by atoms with Crippen LogP contribution >= 0.6 is 0 Å². The number of ether oxygens (including phenoxy) is 1. The van der Waals surface area contributed by atoms with E-state index in [-0.39, 0.29) is 6.61 Å². The van der Waals surface area contributed by atoms with Crippen molar-refractivity contribution >= 4 is 11.9 Å². The smallest absolute Gasteiger partial charge is 0.331 e. The van der Waals surface area contributed by atoms with Gasteiger partial charge in [-0.15, -0.1) is 0 Å². The third-order valence-corrected chi connectivity index (χ3v) is 2.28. The van der Waals surface area contributed by atoms with Gasteiger partial charge in [0.15, 0.2) is 0 Å². The Morgan fingerprint density at radius 2 is 1.70 bits per heavy atom. The number of esters is 1. The third-order valence-electron chi connectivity index (χ3n) is 2.28. The number of hydrogen-bond donors (Lipinski definition) is 1. The molecule has 0 radical (unpaired) electrons. The largest absolute Gasteiger partial charge is 0.478 e. The van der Waals surface area contributed by atoms with Crippen molar-refractivity contribution in [2.24, 2.45) is 0 Å². The van der Waals surface area contributed by atoms with Crippen molar-refractivity contribution in [2.45, 2.75) is 58.7 Å². The van der Waals surface area contributed by atoms with Crippen LogP contribution in [0.1, 0.15) is 47.5 Å². The van der Waals surface area contributed by atoms with E-state index < -0.39 is 23.1 Å². The predicted molar refractivity (Wildman–Crippen MR) is 73.0 cm³/mol. The second-order valence-corrected chi connectivity index (χ2v) is 5.71. The summed E-state index contributed by atoms with van der Waals surface area (Å²) in [6, 6.07) is 0. The summed E-state index contributed by atoms with van der Waals surface area (Å²) < 4.78 is 5.07. The Hall–Kier alpha value is -1.40. The first-order valence-corrected chi connectivity index (χ1v) is 6.52. The Morgan fingerprint density at radius 1 is 1.10 bits per heavy atom. The summed E-state index contributed by atoms with van der Waals surface area (Å²) in [4.78, 5) is 32.0. The van der Waals surface area contributed by atoms with Gasteiger partial charge in [-0.3, -0.25) is 0 Å². The van der Waals surface area contributed by atoms with E-state index in [1.165, 1.54) is 0 Å². The van der Waals surface area contributed by atoms with Crippen molar-refractivity contribution in [1.29, 1.82) is 0 Å². The molecule has 0 atom stereocenters. The van der Waals surface area contributed by atoms with Crippen molar-refractivity contribution in [2.75, 3.05) is 6.61 Å². The van der Waals surface area contributed by atoms with E-state index in [0.717, 1.165) is 25.0 Å². The molecule has 0 aliphatic rings. The topological polar surface area (TPSA) is 82.1 Å². The summed E-state index contributed by atoms with van der Waals surface area (Å²) in [6.07, 6.45) is 3.38. The first-order valence-electron chi connectivity index (χ1n) is 6.52. The van der Waals surface area contributed by atoms with Crippen molar-refractivity contribution in [1.82, 2.24) is 0 Å². The first kappa shape index (κ1) is 18.6. The highest BCUT2D eigenvalue weighted by Gasteiger charge is 2.25. The summed E-state index contributed by atoms with van der Waals surface area (Å²) in [5.74, 6) is -1.95. The van der Waals surface area contributed by atoms with E-state index in [0.29, 0.717) is 0 Å². The Balaban J connectivity index is 4.19. The molecule has 0 aromatic carbocycles. The highest BCUT2D eigenvalue weighted by atomic mass is 17.2. The molecule has 0 amide bonds. The van der Waals surface area contributed by atoms with Gasteiger partial charge in [-0.1, -0.05) is 13.3 Å². The summed E-state index contributed by atoms with van der Waals surface area (Å²) in [5.41, 5.74) is -1.32. The summed E-state index contributed by atoms with van der Waals surface area (Å²) in [5, 5.41) is 8.40. The van der Waals surface area contributed by atoms with Crippen LogP contribution in [0.4, 0.5) is 0 Å². The highest BCUT2D eigenvalue weighted by molar-refractivity contribution is 5.90. The van der Waals surface area contributed by atoms with E-state index in [1.807, 2.05) is 20.8 Å². The lowest BCUT2D eigenvalue weighted by Crippen LogP contribution is -2.35. The van der Waals surface area contributed by atoms with Crippen LogP contribution in [0.15, 0.2) is 12.2 Å². The Morgan fingerprint density at radius 3 is 2.20 bits per heavy atom. The van der Waals surface area contributed by atoms with Gasteiger partial charge in [-0.25, -0.2) is 19.4 Å². The molecular weight excluding hydrogens is 264 g/mol. The van der Waals surface area contributed by atoms with Gasteiger partial charge in [0, 0.05) is 12.2 Å². The number of aliphatic carboxylic acids is 1. The quantitative estimate of drug-likeness (QED) is 0.304. The number of rotatable bonds is 9. The average molecular weight is 288 g/mol. The number of carboxylic acids is 1. The number of carbonyl (C=O) groups excluding carboxylic acids is 1. The lowest BCUT2D eigenvalue weighted by Gasteiger charge is -2.27. The summed E-state index contributed by atoms with van der Waals surface area (Å²) >= 11 is 0. The third kappa shape index (κ3) is 9.52. The molecule has 0 unspecified atom stereocenters. The van der Waals surface area contributed by atoms with Gasteiger partial charge in [0.25, 0.3) is 0 Å². The minimum Gasteiger partial charge on any atom is -0.478 e. The summed E-state index contributed by atoms with van der Waals surface area (Å²) in [6.45, 7) is 9.21. The average Bonchev–Trinajstić information content (AvgIpc) is 2.24. The molecule has 0 bridgehead atoms. The Bertz CT molecular complexity index is 357. The van der Waals surface area contributed by atoms with Gasteiger partial charge in [0.1, 0.15) is 12.2 Å². The maximum absolute atomic E-state index is 11.4. The van der Waals surface area contributed by atoms with E-state index in [1.54, 1.807) is 13.8 Å². The molecule has 0 saturated heterocycles. The van der Waals surface area contributed by atoms with Crippen LogP contribution in [0, 0.1) is 0 Å². The molecule has 6 heteroatoms. The Labute approximate surface area is 119 Å². The van der Waals surface area contributed by atoms with E-state index in [4.69, 9.17) is 19.6 Å². The van der Waals surface area contributed by atoms with Crippen molar-refractivity contribution in [3.05, 3.63) is 12.2 Å². The van der Waals surface area contributed by atoms with Gasteiger partial charge >= 0.3 is 11.9 Å². The van der Waals surface area contributed by atoms with Crippen molar-refractivity contribution in [3.63, 3.8) is 0 Å². The molecule has 0 saturated carbocycles. The van der Waals surface area contributed by atoms with Gasteiger partial charge < -0.3 is 9.84 Å². The Kier molecular flexibility index (Phi) is 7.45. The molecule has 6 nitrogen and oxygen atoms in total. The minimum absolute atomic E-state index is 0.0484. The van der Waals surface area contributed by atoms with Crippen LogP contribution in [-0.4, -0.2) is 34.9 Å². The highest BCUT2D eigenvalue weighted by Crippen LogP contribution is 2.18. The molecule has 0 heterocycles. The number of carboxylic acid groups (broad SMARTS) is 1. The van der Waals surface area contributed by atoms with Crippen LogP contribution in [0.2, 0.25) is 0 Å². The minimum atomic E-state index is -1.21. The van der Waals surface area contributed by atoms with Gasteiger partial charge in [-0.2, -0.15) is 0 Å². The fourth-order valence-electron chi connectivity index (χ4n) is 1.45. The lowest BCUT2D eigenvalue weighted by atomic mass is 10.0. The van der Waals surface area contributed by atoms with Crippen molar-refractivity contribution in [3.8, 4) is 0 Å². The fourth-order valence-corrected chi connectivity index (χ4v) is 1.45. The molecule has 0 spiro atoms. The zero-order chi connectivity index (χ0) is 15.8. The molecular formula is C14H24O6. The van der Waals surface area contributed by atoms with Crippen LogP contribution in [-0.2, 0) is 24.1 Å². The zero-order valence-corrected chi connectivity index (χ0v) is 12.8. The van der Waals surface area contributed by atoms with Gasteiger partial charge in [0.2, 0.25) is 0 Å². The maximum Gasteiger partial charge on any atom is 0.331 e. The zero-order valence-electron chi connectivity index (χ0n) is 12.8. The molecule has 0 aliphatic carbocycles. The molecule has 0 fully saturated rings. The monoisotopic (exact) mass is 288 g/mol. The van der Waals surface area contributed by atoms with Crippen LogP contribution < -0.4 is 0 Å². The lowest BCUT2D eigenvalue weighted by molar-refractivity contribution is -0.367. The maximum atomic E-state index is 11.4. The first-order chi connectivity index (χ1) is 9.08. The number of hydrogen-bond acceptors (Lipinski definition) is 5. The van der Waals surface area contributed by atoms with E-state index in [2.05, 4.69) is 0 Å². The molecule has 0 aromatic heterocycles. The van der Waals surface area contributed by atoms with Gasteiger partial charge in [0.05, 0.1) is 5.60 Å². The second kappa shape index (κ2) is 8.01. The molecule has 1 N–H and O–H groups in total. The predicted octanol–water partition coefficient (Wildman–Crippen LogP) is 2.48. The van der Waals surface area contributed by atoms with Crippen LogP contribution in [0.25, 0.3) is 0 Å². The van der Waals surface area contributed by atoms with Crippen LogP contribution in [0.5, 0.6) is 0 Å². The molecule has 116 valence electrons. The van der Waals surface area contributed by atoms with Gasteiger partial charge in [-0.05, 0) is 34.1 Å². The second-order valence-electron chi connectivity index (χ2n) is 5.71. The number of carbonyl (C=O) groups is 2. The molecule has 0 aliphatic heterocycles. The standard InChI is InChI=1S/C14H24O6/c1-6-9-13(2,3)20-18-10-14(4,5)19-12(17)8-7-11(15)16/h7-8H,6,9-10H2,1-5H3,(H,15,16)/b8-7+. The fraction of sp³-hybridized carbons (Fsp3) is 0.714. The van der Waals surface area contributed by atoms with E-state index >= 15 is 0 Å². The molecule has 0 aromatic rings. The van der Waals surface area contributed by atoms with Crippen molar-refractivity contribution < 1.29 is 29.2 Å². The normalized spacial score (nSPS) is 12.7. The molecule has 0 rings (SSSR count).